The lowest BCUT2D eigenvalue weighted by Gasteiger charge is -2.09. The predicted molar refractivity (Wildman–Crippen MR) is 83.3 cm³/mol. The molecule has 7 nitrogen and oxygen atoms in total. The standard InChI is InChI=1S/C15H14N2O5S/c1-19-10-7-11(20-2)17-15(16-10)21-9-6-4-5-8-12(9)13(18)22-14(8)23-3/h4-7,14H,1-3H3. The molecular formula is C15H14N2O5S. The monoisotopic (exact) mass is 334 g/mol. The van der Waals surface area contributed by atoms with Crippen LogP contribution in [0.15, 0.2) is 24.3 Å². The second-order valence-electron chi connectivity index (χ2n) is 4.53. The fourth-order valence-corrected chi connectivity index (χ4v) is 2.81. The molecule has 8 heteroatoms. The SMILES string of the molecule is COc1cc(OC)nc(Oc2cccc3c2C(=O)OC3SC)n1. The summed E-state index contributed by atoms with van der Waals surface area (Å²) in [6.07, 6.45) is 1.87. The molecule has 1 aliphatic rings. The molecule has 1 aliphatic heterocycles. The van der Waals surface area contributed by atoms with Crippen molar-refractivity contribution in [1.29, 1.82) is 0 Å². The van der Waals surface area contributed by atoms with E-state index >= 15 is 0 Å². The Hall–Kier alpha value is -2.48. The topological polar surface area (TPSA) is 79.8 Å². The van der Waals surface area contributed by atoms with Gasteiger partial charge in [0.25, 0.3) is 0 Å². The number of fused-ring (bicyclic) bond motifs is 1. The third-order valence-electron chi connectivity index (χ3n) is 3.22. The molecule has 3 rings (SSSR count). The van der Waals surface area contributed by atoms with Crippen LogP contribution in [0.25, 0.3) is 0 Å². The minimum atomic E-state index is -0.426. The minimum Gasteiger partial charge on any atom is -0.481 e. The Morgan fingerprint density at radius 2 is 1.87 bits per heavy atom. The van der Waals surface area contributed by atoms with Gasteiger partial charge in [0.15, 0.2) is 5.44 Å². The van der Waals surface area contributed by atoms with E-state index in [0.29, 0.717) is 23.1 Å². The Bertz CT molecular complexity index is 730. The van der Waals surface area contributed by atoms with E-state index in [-0.39, 0.29) is 11.4 Å². The number of cyclic esters (lactones) is 1. The van der Waals surface area contributed by atoms with Gasteiger partial charge >= 0.3 is 12.0 Å². The quantitative estimate of drug-likeness (QED) is 0.772. The molecule has 0 spiro atoms. The van der Waals surface area contributed by atoms with Crippen molar-refractivity contribution in [1.82, 2.24) is 9.97 Å². The van der Waals surface area contributed by atoms with Gasteiger partial charge in [0, 0.05) is 5.56 Å². The molecule has 23 heavy (non-hydrogen) atoms. The van der Waals surface area contributed by atoms with Gasteiger partial charge in [-0.1, -0.05) is 12.1 Å². The summed E-state index contributed by atoms with van der Waals surface area (Å²) in [7, 11) is 2.96. The number of hydrogen-bond donors (Lipinski definition) is 0. The van der Waals surface area contributed by atoms with E-state index in [2.05, 4.69) is 9.97 Å². The van der Waals surface area contributed by atoms with Crippen molar-refractivity contribution in [3.8, 4) is 23.5 Å². The Labute approximate surface area is 136 Å². The number of methoxy groups -OCH3 is 2. The number of thioether (sulfide) groups is 1. The summed E-state index contributed by atoms with van der Waals surface area (Å²) in [5.41, 5.74) is 0.828. The molecule has 0 amide bonds. The van der Waals surface area contributed by atoms with Gasteiger partial charge in [-0.05, 0) is 12.3 Å². The minimum absolute atomic E-state index is 0.0231. The van der Waals surface area contributed by atoms with Crippen LogP contribution in [0, 0.1) is 0 Å². The summed E-state index contributed by atoms with van der Waals surface area (Å²) in [5.74, 6) is 0.497. The van der Waals surface area contributed by atoms with Crippen LogP contribution in [-0.4, -0.2) is 36.4 Å². The van der Waals surface area contributed by atoms with Gasteiger partial charge in [0.05, 0.1) is 20.3 Å². The largest absolute Gasteiger partial charge is 0.481 e. The number of rotatable bonds is 5. The molecule has 0 aliphatic carbocycles. The average molecular weight is 334 g/mol. The van der Waals surface area contributed by atoms with Crippen LogP contribution in [0.3, 0.4) is 0 Å². The fraction of sp³-hybridized carbons (Fsp3) is 0.267. The Kier molecular flexibility index (Phi) is 4.24. The van der Waals surface area contributed by atoms with E-state index in [4.69, 9.17) is 18.9 Å². The molecule has 0 N–H and O–H groups in total. The van der Waals surface area contributed by atoms with Crippen molar-refractivity contribution in [3.63, 3.8) is 0 Å². The molecule has 0 saturated heterocycles. The molecule has 1 aromatic carbocycles. The van der Waals surface area contributed by atoms with Crippen LogP contribution in [0.5, 0.6) is 23.5 Å². The molecular weight excluding hydrogens is 320 g/mol. The first-order valence-electron chi connectivity index (χ1n) is 6.68. The van der Waals surface area contributed by atoms with Crippen molar-refractivity contribution in [2.45, 2.75) is 5.44 Å². The van der Waals surface area contributed by atoms with Crippen molar-refractivity contribution in [3.05, 3.63) is 35.4 Å². The van der Waals surface area contributed by atoms with Gasteiger partial charge in [0.1, 0.15) is 11.3 Å². The van der Waals surface area contributed by atoms with Gasteiger partial charge in [-0.3, -0.25) is 0 Å². The molecule has 2 aromatic rings. The molecule has 0 fully saturated rings. The maximum atomic E-state index is 12.1. The summed E-state index contributed by atoms with van der Waals surface area (Å²) < 4.78 is 21.1. The third kappa shape index (κ3) is 2.89. The van der Waals surface area contributed by atoms with E-state index in [1.807, 2.05) is 12.3 Å². The molecule has 0 saturated carbocycles. The van der Waals surface area contributed by atoms with Crippen molar-refractivity contribution < 1.29 is 23.7 Å². The lowest BCUT2D eigenvalue weighted by molar-refractivity contribution is 0.0521. The first kappa shape index (κ1) is 15.4. The summed E-state index contributed by atoms with van der Waals surface area (Å²) in [4.78, 5) is 20.3. The Morgan fingerprint density at radius 3 is 2.48 bits per heavy atom. The highest BCUT2D eigenvalue weighted by atomic mass is 32.2. The van der Waals surface area contributed by atoms with E-state index in [9.17, 15) is 4.79 Å². The van der Waals surface area contributed by atoms with Crippen molar-refractivity contribution in [2.24, 2.45) is 0 Å². The second-order valence-corrected chi connectivity index (χ2v) is 5.43. The number of ether oxygens (including phenoxy) is 4. The first-order chi connectivity index (χ1) is 11.2. The van der Waals surface area contributed by atoms with E-state index in [1.54, 1.807) is 12.1 Å². The van der Waals surface area contributed by atoms with Crippen LogP contribution in [0.2, 0.25) is 0 Å². The van der Waals surface area contributed by atoms with Crippen molar-refractivity contribution >= 4 is 17.7 Å². The molecule has 1 unspecified atom stereocenters. The summed E-state index contributed by atoms with van der Waals surface area (Å²) in [5, 5.41) is 0. The first-order valence-corrected chi connectivity index (χ1v) is 7.96. The number of hydrogen-bond acceptors (Lipinski definition) is 8. The fourth-order valence-electron chi connectivity index (χ4n) is 2.18. The molecule has 1 aromatic heterocycles. The molecule has 2 heterocycles. The van der Waals surface area contributed by atoms with Crippen LogP contribution in [-0.2, 0) is 4.74 Å². The Morgan fingerprint density at radius 1 is 1.17 bits per heavy atom. The number of carbonyl (C=O) groups is 1. The van der Waals surface area contributed by atoms with Gasteiger partial charge in [-0.25, -0.2) is 4.79 Å². The van der Waals surface area contributed by atoms with Gasteiger partial charge in [-0.15, -0.1) is 11.8 Å². The smallest absolute Gasteiger partial charge is 0.343 e. The van der Waals surface area contributed by atoms with Gasteiger partial charge in [-0.2, -0.15) is 9.97 Å². The molecule has 0 radical (unpaired) electrons. The van der Waals surface area contributed by atoms with Crippen LogP contribution < -0.4 is 14.2 Å². The van der Waals surface area contributed by atoms with Crippen LogP contribution >= 0.6 is 11.8 Å². The summed E-state index contributed by atoms with van der Waals surface area (Å²) in [6, 6.07) is 6.84. The predicted octanol–water partition coefficient (Wildman–Crippen LogP) is 2.82. The zero-order valence-electron chi connectivity index (χ0n) is 12.7. The van der Waals surface area contributed by atoms with Crippen molar-refractivity contribution in [2.75, 3.05) is 20.5 Å². The lowest BCUT2D eigenvalue weighted by atomic mass is 10.1. The number of aromatic nitrogens is 2. The highest BCUT2D eigenvalue weighted by Crippen LogP contribution is 2.42. The van der Waals surface area contributed by atoms with E-state index in [1.165, 1.54) is 32.0 Å². The van der Waals surface area contributed by atoms with Gasteiger partial charge in [0.2, 0.25) is 11.8 Å². The normalized spacial score (nSPS) is 15.8. The third-order valence-corrected chi connectivity index (χ3v) is 4.00. The number of esters is 1. The highest BCUT2D eigenvalue weighted by molar-refractivity contribution is 7.98. The van der Waals surface area contributed by atoms with Crippen LogP contribution in [0.1, 0.15) is 21.4 Å². The second kappa shape index (κ2) is 6.33. The zero-order valence-corrected chi connectivity index (χ0v) is 13.5. The molecule has 0 bridgehead atoms. The average Bonchev–Trinajstić information content (AvgIpc) is 2.91. The number of carbonyl (C=O) groups excluding carboxylic acids is 1. The summed E-state index contributed by atoms with van der Waals surface area (Å²) >= 11 is 1.44. The Balaban J connectivity index is 1.99. The maximum Gasteiger partial charge on any atom is 0.343 e. The van der Waals surface area contributed by atoms with Crippen LogP contribution in [0.4, 0.5) is 0 Å². The number of nitrogens with zero attached hydrogens (tertiary/aromatic N) is 2. The molecule has 1 atom stereocenters. The zero-order chi connectivity index (χ0) is 16.4. The molecule has 120 valence electrons. The lowest BCUT2D eigenvalue weighted by Crippen LogP contribution is -2.01. The highest BCUT2D eigenvalue weighted by Gasteiger charge is 2.34. The van der Waals surface area contributed by atoms with E-state index < -0.39 is 5.97 Å². The number of benzene rings is 1. The summed E-state index contributed by atoms with van der Waals surface area (Å²) in [6.45, 7) is 0. The van der Waals surface area contributed by atoms with Gasteiger partial charge < -0.3 is 18.9 Å². The van der Waals surface area contributed by atoms with E-state index in [0.717, 1.165) is 5.56 Å². The maximum absolute atomic E-state index is 12.1.